The van der Waals surface area contributed by atoms with E-state index in [9.17, 15) is 8.42 Å². The van der Waals surface area contributed by atoms with Gasteiger partial charge >= 0.3 is 0 Å². The van der Waals surface area contributed by atoms with Gasteiger partial charge in [-0.1, -0.05) is 30.3 Å². The van der Waals surface area contributed by atoms with Crippen LogP contribution in [0.1, 0.15) is 24.4 Å². The van der Waals surface area contributed by atoms with Crippen molar-refractivity contribution in [2.24, 2.45) is 0 Å². The number of benzene rings is 1. The molecule has 1 aliphatic heterocycles. The molecule has 0 bridgehead atoms. The third-order valence-electron chi connectivity index (χ3n) is 3.57. The summed E-state index contributed by atoms with van der Waals surface area (Å²) in [5.41, 5.74) is 1.13. The van der Waals surface area contributed by atoms with Gasteiger partial charge in [0.2, 0.25) is 0 Å². The van der Waals surface area contributed by atoms with Crippen LogP contribution in [0, 0.1) is 0 Å². The Balaban J connectivity index is 1.71. The zero-order chi connectivity index (χ0) is 13.3. The summed E-state index contributed by atoms with van der Waals surface area (Å²) in [5, 5.41) is 3.37. The van der Waals surface area contributed by atoms with Crippen molar-refractivity contribution < 1.29 is 8.42 Å². The molecule has 1 saturated carbocycles. The van der Waals surface area contributed by atoms with Gasteiger partial charge in [0.05, 0.1) is 0 Å². The Hall–Kier alpha value is -0.950. The molecule has 1 atom stereocenters. The molecule has 0 spiro atoms. The standard InChI is InChI=1S/C13H19N3O2S/c17-19(18,15-12-6-7-12)16-9-8-14-13(10-16)11-4-2-1-3-5-11/h1-5,12-15H,6-10H2. The van der Waals surface area contributed by atoms with Crippen LogP contribution < -0.4 is 10.0 Å². The molecule has 1 unspecified atom stereocenters. The first-order valence-corrected chi connectivity index (χ1v) is 8.15. The van der Waals surface area contributed by atoms with Crippen molar-refractivity contribution in [1.82, 2.24) is 14.3 Å². The van der Waals surface area contributed by atoms with Crippen molar-refractivity contribution in [1.29, 1.82) is 0 Å². The van der Waals surface area contributed by atoms with Gasteiger partial charge in [-0.05, 0) is 18.4 Å². The van der Waals surface area contributed by atoms with E-state index in [4.69, 9.17) is 0 Å². The van der Waals surface area contributed by atoms with E-state index in [0.29, 0.717) is 19.6 Å². The van der Waals surface area contributed by atoms with Crippen LogP contribution in [0.3, 0.4) is 0 Å². The summed E-state index contributed by atoms with van der Waals surface area (Å²) in [6.07, 6.45) is 1.93. The first-order chi connectivity index (χ1) is 9.15. The van der Waals surface area contributed by atoms with Crippen LogP contribution in [-0.2, 0) is 10.2 Å². The first-order valence-electron chi connectivity index (χ1n) is 6.71. The van der Waals surface area contributed by atoms with Crippen LogP contribution in [-0.4, -0.2) is 38.4 Å². The molecule has 19 heavy (non-hydrogen) atoms. The minimum Gasteiger partial charge on any atom is -0.308 e. The summed E-state index contributed by atoms with van der Waals surface area (Å²) in [5.74, 6) is 0. The summed E-state index contributed by atoms with van der Waals surface area (Å²) in [7, 11) is -3.32. The number of piperazine rings is 1. The quantitative estimate of drug-likeness (QED) is 0.851. The normalized spacial score (nSPS) is 25.4. The monoisotopic (exact) mass is 281 g/mol. The summed E-state index contributed by atoms with van der Waals surface area (Å²) in [6.45, 7) is 1.71. The van der Waals surface area contributed by atoms with Crippen molar-refractivity contribution in [2.45, 2.75) is 24.9 Å². The molecule has 1 aliphatic carbocycles. The fraction of sp³-hybridized carbons (Fsp3) is 0.538. The van der Waals surface area contributed by atoms with Crippen LogP contribution >= 0.6 is 0 Å². The van der Waals surface area contributed by atoms with E-state index in [1.165, 1.54) is 0 Å². The van der Waals surface area contributed by atoms with Gasteiger partial charge in [-0.3, -0.25) is 0 Å². The Labute approximate surface area is 114 Å². The molecule has 1 aromatic rings. The van der Waals surface area contributed by atoms with Crippen LogP contribution in [0.15, 0.2) is 30.3 Å². The van der Waals surface area contributed by atoms with Crippen molar-refractivity contribution >= 4 is 10.2 Å². The zero-order valence-corrected chi connectivity index (χ0v) is 11.6. The van der Waals surface area contributed by atoms with E-state index in [1.54, 1.807) is 4.31 Å². The minimum absolute atomic E-state index is 0.0747. The number of hydrogen-bond acceptors (Lipinski definition) is 3. The molecule has 6 heteroatoms. The summed E-state index contributed by atoms with van der Waals surface area (Å²) in [4.78, 5) is 0. The van der Waals surface area contributed by atoms with Gasteiger partial charge in [0, 0.05) is 31.7 Å². The topological polar surface area (TPSA) is 61.4 Å². The molecule has 0 aromatic heterocycles. The maximum Gasteiger partial charge on any atom is 0.279 e. The molecule has 1 aromatic carbocycles. The van der Waals surface area contributed by atoms with E-state index < -0.39 is 10.2 Å². The summed E-state index contributed by atoms with van der Waals surface area (Å²) >= 11 is 0. The largest absolute Gasteiger partial charge is 0.308 e. The molecular formula is C13H19N3O2S. The molecule has 2 N–H and O–H groups in total. The smallest absolute Gasteiger partial charge is 0.279 e. The average Bonchev–Trinajstić information content (AvgIpc) is 3.23. The van der Waals surface area contributed by atoms with Gasteiger partial charge < -0.3 is 5.32 Å². The Morgan fingerprint density at radius 1 is 1.21 bits per heavy atom. The van der Waals surface area contributed by atoms with Crippen molar-refractivity contribution in [3.8, 4) is 0 Å². The molecule has 2 aliphatic rings. The molecule has 104 valence electrons. The lowest BCUT2D eigenvalue weighted by Crippen LogP contribution is -2.52. The zero-order valence-electron chi connectivity index (χ0n) is 10.7. The molecule has 5 nitrogen and oxygen atoms in total. The summed E-state index contributed by atoms with van der Waals surface area (Å²) < 4.78 is 28.7. The third-order valence-corrected chi connectivity index (χ3v) is 5.22. The predicted molar refractivity (Wildman–Crippen MR) is 73.8 cm³/mol. The van der Waals surface area contributed by atoms with Crippen molar-refractivity contribution in [2.75, 3.05) is 19.6 Å². The molecular weight excluding hydrogens is 262 g/mol. The van der Waals surface area contributed by atoms with Crippen LogP contribution in [0.2, 0.25) is 0 Å². The second-order valence-corrected chi connectivity index (χ2v) is 6.87. The van der Waals surface area contributed by atoms with Crippen molar-refractivity contribution in [3.63, 3.8) is 0 Å². The van der Waals surface area contributed by atoms with E-state index in [0.717, 1.165) is 18.4 Å². The number of rotatable bonds is 4. The summed E-state index contributed by atoms with van der Waals surface area (Å²) in [6, 6.07) is 10.2. The average molecular weight is 281 g/mol. The fourth-order valence-electron chi connectivity index (χ4n) is 2.34. The van der Waals surface area contributed by atoms with Gasteiger partial charge in [-0.15, -0.1) is 0 Å². The third kappa shape index (κ3) is 3.14. The lowest BCUT2D eigenvalue weighted by atomic mass is 10.1. The number of nitrogens with zero attached hydrogens (tertiary/aromatic N) is 1. The van der Waals surface area contributed by atoms with Crippen LogP contribution in [0.5, 0.6) is 0 Å². The molecule has 1 heterocycles. The molecule has 2 fully saturated rings. The lowest BCUT2D eigenvalue weighted by Gasteiger charge is -2.33. The SMILES string of the molecule is O=S(=O)(NC1CC1)N1CCNC(c2ccccc2)C1. The molecule has 0 radical (unpaired) electrons. The lowest BCUT2D eigenvalue weighted by molar-refractivity contribution is 0.298. The number of hydrogen-bond donors (Lipinski definition) is 2. The first kappa shape index (κ1) is 13.1. The Kier molecular flexibility index (Phi) is 3.58. The van der Waals surface area contributed by atoms with Gasteiger partial charge in [0.1, 0.15) is 0 Å². The highest BCUT2D eigenvalue weighted by atomic mass is 32.2. The van der Waals surface area contributed by atoms with Gasteiger partial charge in [0.25, 0.3) is 10.2 Å². The highest BCUT2D eigenvalue weighted by molar-refractivity contribution is 7.87. The Bertz CT molecular complexity index is 528. The highest BCUT2D eigenvalue weighted by Gasteiger charge is 2.33. The Morgan fingerprint density at radius 2 is 1.95 bits per heavy atom. The highest BCUT2D eigenvalue weighted by Crippen LogP contribution is 2.23. The minimum atomic E-state index is -3.32. The van der Waals surface area contributed by atoms with Crippen LogP contribution in [0.25, 0.3) is 0 Å². The molecule has 0 amide bonds. The maximum absolute atomic E-state index is 12.2. The molecule has 3 rings (SSSR count). The van der Waals surface area contributed by atoms with Crippen LogP contribution in [0.4, 0.5) is 0 Å². The second-order valence-electron chi connectivity index (χ2n) is 5.17. The van der Waals surface area contributed by atoms with Gasteiger partial charge in [0.15, 0.2) is 0 Å². The predicted octanol–water partition coefficient (Wildman–Crippen LogP) is 0.630. The van der Waals surface area contributed by atoms with Gasteiger partial charge in [-0.25, -0.2) is 0 Å². The number of nitrogens with one attached hydrogen (secondary N) is 2. The fourth-order valence-corrected chi connectivity index (χ4v) is 3.82. The molecule has 1 saturated heterocycles. The maximum atomic E-state index is 12.2. The van der Waals surface area contributed by atoms with E-state index in [1.807, 2.05) is 30.3 Å². The van der Waals surface area contributed by atoms with E-state index in [2.05, 4.69) is 10.0 Å². The van der Waals surface area contributed by atoms with E-state index in [-0.39, 0.29) is 12.1 Å². The van der Waals surface area contributed by atoms with Gasteiger partial charge in [-0.2, -0.15) is 17.4 Å². The Morgan fingerprint density at radius 3 is 2.63 bits per heavy atom. The second kappa shape index (κ2) is 5.20. The van der Waals surface area contributed by atoms with E-state index >= 15 is 0 Å². The van der Waals surface area contributed by atoms with Crippen molar-refractivity contribution in [3.05, 3.63) is 35.9 Å².